The minimum Gasteiger partial charge on any atom is -0.505 e. The molecule has 0 aliphatic heterocycles. The van der Waals surface area contributed by atoms with Crippen LogP contribution in [0, 0.1) is 5.82 Å². The van der Waals surface area contributed by atoms with Crippen molar-refractivity contribution in [2.45, 2.75) is 0 Å². The molecule has 1 aromatic rings. The molecule has 0 amide bonds. The van der Waals surface area contributed by atoms with Crippen molar-refractivity contribution in [1.82, 2.24) is 0 Å². The van der Waals surface area contributed by atoms with Crippen LogP contribution in [-0.4, -0.2) is 23.3 Å². The molecule has 0 spiro atoms. The van der Waals surface area contributed by atoms with Crippen LogP contribution in [0.25, 0.3) is 0 Å². The highest BCUT2D eigenvalue weighted by Crippen LogP contribution is 2.26. The second kappa shape index (κ2) is 3.30. The smallest absolute Gasteiger partial charge is 0.339 e. The van der Waals surface area contributed by atoms with Gasteiger partial charge in [0.25, 0.3) is 0 Å². The first-order chi connectivity index (χ1) is 6.06. The molecule has 4 nitrogen and oxygen atoms in total. The first-order valence-corrected chi connectivity index (χ1v) is 3.36. The van der Waals surface area contributed by atoms with E-state index < -0.39 is 17.5 Å². The van der Waals surface area contributed by atoms with Crippen LogP contribution in [0.2, 0.25) is 0 Å². The highest BCUT2D eigenvalue weighted by atomic mass is 19.1. The number of carboxylic acid groups (broad SMARTS) is 1. The molecule has 0 heterocycles. The van der Waals surface area contributed by atoms with Gasteiger partial charge in [0, 0.05) is 6.07 Å². The Labute approximate surface area is 73.2 Å². The zero-order chi connectivity index (χ0) is 10.0. The molecule has 5 heteroatoms. The van der Waals surface area contributed by atoms with Crippen LogP contribution in [0.4, 0.5) is 4.39 Å². The van der Waals surface area contributed by atoms with Crippen molar-refractivity contribution in [3.05, 3.63) is 23.5 Å². The predicted octanol–water partition coefficient (Wildman–Crippen LogP) is 1.24. The summed E-state index contributed by atoms with van der Waals surface area (Å²) in [5, 5.41) is 17.5. The van der Waals surface area contributed by atoms with Gasteiger partial charge in [0.05, 0.1) is 7.11 Å². The van der Waals surface area contributed by atoms with Gasteiger partial charge >= 0.3 is 5.97 Å². The van der Waals surface area contributed by atoms with Gasteiger partial charge in [0.15, 0.2) is 11.6 Å². The van der Waals surface area contributed by atoms with E-state index in [-0.39, 0.29) is 11.3 Å². The number of aromatic carboxylic acids is 1. The number of carboxylic acids is 1. The Bertz CT molecular complexity index is 348. The lowest BCUT2D eigenvalue weighted by Crippen LogP contribution is -2.01. The van der Waals surface area contributed by atoms with Crippen LogP contribution >= 0.6 is 0 Å². The van der Waals surface area contributed by atoms with Crippen molar-refractivity contribution in [2.24, 2.45) is 0 Å². The van der Waals surface area contributed by atoms with Gasteiger partial charge in [-0.2, -0.15) is 0 Å². The fourth-order valence-electron chi connectivity index (χ4n) is 0.879. The van der Waals surface area contributed by atoms with Crippen LogP contribution in [0.15, 0.2) is 12.1 Å². The van der Waals surface area contributed by atoms with E-state index in [0.717, 1.165) is 6.07 Å². The second-order valence-electron chi connectivity index (χ2n) is 2.31. The summed E-state index contributed by atoms with van der Waals surface area (Å²) in [6.45, 7) is 0. The number of halogens is 1. The number of benzene rings is 1. The molecule has 0 atom stereocenters. The molecule has 0 fully saturated rings. The maximum absolute atomic E-state index is 12.7. The summed E-state index contributed by atoms with van der Waals surface area (Å²) in [4.78, 5) is 10.5. The van der Waals surface area contributed by atoms with Crippen molar-refractivity contribution in [1.29, 1.82) is 0 Å². The second-order valence-corrected chi connectivity index (χ2v) is 2.31. The third-order valence-electron chi connectivity index (χ3n) is 1.50. The average Bonchev–Trinajstić information content (AvgIpc) is 2.08. The third kappa shape index (κ3) is 1.69. The van der Waals surface area contributed by atoms with Crippen molar-refractivity contribution >= 4 is 5.97 Å². The van der Waals surface area contributed by atoms with Crippen molar-refractivity contribution < 1.29 is 24.1 Å². The zero-order valence-corrected chi connectivity index (χ0v) is 6.74. The molecule has 70 valence electrons. The molecule has 0 radical (unpaired) electrons. The number of hydrogen-bond acceptors (Lipinski definition) is 3. The van der Waals surface area contributed by atoms with Gasteiger partial charge in [0.2, 0.25) is 0 Å². The molecule has 0 saturated carbocycles. The fraction of sp³-hybridized carbons (Fsp3) is 0.125. The molecule has 0 aliphatic carbocycles. The largest absolute Gasteiger partial charge is 0.505 e. The minimum atomic E-state index is -1.31. The summed E-state index contributed by atoms with van der Waals surface area (Å²) >= 11 is 0. The summed E-state index contributed by atoms with van der Waals surface area (Å²) in [5.74, 6) is -3.01. The molecule has 0 unspecified atom stereocenters. The molecule has 2 N–H and O–H groups in total. The highest BCUT2D eigenvalue weighted by Gasteiger charge is 2.14. The standard InChI is InChI=1S/C8H7FO4/c1-13-7-3-6(10)5(9)2-4(7)8(11)12/h2-3,10H,1H3,(H,11,12). The molecule has 0 saturated heterocycles. The lowest BCUT2D eigenvalue weighted by molar-refractivity contribution is 0.0692. The average molecular weight is 186 g/mol. The van der Waals surface area contributed by atoms with Gasteiger partial charge in [-0.15, -0.1) is 0 Å². The van der Waals surface area contributed by atoms with Crippen molar-refractivity contribution in [2.75, 3.05) is 7.11 Å². The molecular weight excluding hydrogens is 179 g/mol. The molecule has 0 aliphatic rings. The number of aromatic hydroxyl groups is 1. The first-order valence-electron chi connectivity index (χ1n) is 3.36. The van der Waals surface area contributed by atoms with Crippen LogP contribution in [-0.2, 0) is 0 Å². The number of methoxy groups -OCH3 is 1. The zero-order valence-electron chi connectivity index (χ0n) is 6.74. The lowest BCUT2D eigenvalue weighted by atomic mass is 10.2. The lowest BCUT2D eigenvalue weighted by Gasteiger charge is -2.05. The predicted molar refractivity (Wildman–Crippen MR) is 41.6 cm³/mol. The van der Waals surface area contributed by atoms with E-state index >= 15 is 0 Å². The Morgan fingerprint density at radius 3 is 2.62 bits per heavy atom. The summed E-state index contributed by atoms with van der Waals surface area (Å²) in [7, 11) is 1.24. The van der Waals surface area contributed by atoms with E-state index in [1.165, 1.54) is 7.11 Å². The maximum atomic E-state index is 12.7. The summed E-state index contributed by atoms with van der Waals surface area (Å²) in [5.41, 5.74) is -0.321. The number of phenols is 1. The SMILES string of the molecule is COc1cc(O)c(F)cc1C(=O)O. The van der Waals surface area contributed by atoms with E-state index in [1.54, 1.807) is 0 Å². The Morgan fingerprint density at radius 2 is 2.15 bits per heavy atom. The summed E-state index contributed by atoms with van der Waals surface area (Å²) < 4.78 is 17.3. The number of rotatable bonds is 2. The summed E-state index contributed by atoms with van der Waals surface area (Å²) in [6, 6.07) is 1.62. The normalized spacial score (nSPS) is 9.69. The van der Waals surface area contributed by atoms with Gasteiger partial charge in [-0.05, 0) is 6.07 Å². The van der Waals surface area contributed by atoms with Gasteiger partial charge in [-0.3, -0.25) is 0 Å². The Kier molecular flexibility index (Phi) is 2.36. The number of hydrogen-bond donors (Lipinski definition) is 2. The minimum absolute atomic E-state index is 0.0774. The third-order valence-corrected chi connectivity index (χ3v) is 1.50. The van der Waals surface area contributed by atoms with Gasteiger partial charge in [-0.1, -0.05) is 0 Å². The van der Waals surface area contributed by atoms with Crippen LogP contribution < -0.4 is 4.74 Å². The molecule has 1 rings (SSSR count). The van der Waals surface area contributed by atoms with Gasteiger partial charge in [0.1, 0.15) is 11.3 Å². The Hall–Kier alpha value is -1.78. The first kappa shape index (κ1) is 9.31. The summed E-state index contributed by atoms with van der Waals surface area (Å²) in [6.07, 6.45) is 0. The quantitative estimate of drug-likeness (QED) is 0.729. The molecular formula is C8H7FO4. The van der Waals surface area contributed by atoms with Gasteiger partial charge < -0.3 is 14.9 Å². The van der Waals surface area contributed by atoms with E-state index in [2.05, 4.69) is 4.74 Å². The molecule has 13 heavy (non-hydrogen) atoms. The van der Waals surface area contributed by atoms with Crippen LogP contribution in [0.3, 0.4) is 0 Å². The monoisotopic (exact) mass is 186 g/mol. The Morgan fingerprint density at radius 1 is 1.54 bits per heavy atom. The molecule has 0 aromatic heterocycles. The number of ether oxygens (including phenoxy) is 1. The van der Waals surface area contributed by atoms with Crippen LogP contribution in [0.5, 0.6) is 11.5 Å². The van der Waals surface area contributed by atoms with Gasteiger partial charge in [-0.25, -0.2) is 9.18 Å². The Balaban J connectivity index is 3.33. The molecule has 0 bridgehead atoms. The fourth-order valence-corrected chi connectivity index (χ4v) is 0.879. The van der Waals surface area contributed by atoms with Crippen molar-refractivity contribution in [3.8, 4) is 11.5 Å². The van der Waals surface area contributed by atoms with E-state index in [4.69, 9.17) is 10.2 Å². The van der Waals surface area contributed by atoms with E-state index in [0.29, 0.717) is 6.07 Å². The number of phenolic OH excluding ortho intramolecular Hbond substituents is 1. The topological polar surface area (TPSA) is 66.8 Å². The number of carbonyl (C=O) groups is 1. The maximum Gasteiger partial charge on any atom is 0.339 e. The highest BCUT2D eigenvalue weighted by molar-refractivity contribution is 5.91. The van der Waals surface area contributed by atoms with E-state index in [1.807, 2.05) is 0 Å². The van der Waals surface area contributed by atoms with Crippen molar-refractivity contribution in [3.63, 3.8) is 0 Å². The van der Waals surface area contributed by atoms with E-state index in [9.17, 15) is 9.18 Å². The van der Waals surface area contributed by atoms with Crippen LogP contribution in [0.1, 0.15) is 10.4 Å². The molecule has 1 aromatic carbocycles.